The van der Waals surface area contributed by atoms with Crippen molar-refractivity contribution in [2.24, 2.45) is 5.92 Å². The number of aliphatic hydroxyl groups is 1. The van der Waals surface area contributed by atoms with Crippen LogP contribution in [0.3, 0.4) is 0 Å². The molecule has 2 saturated carbocycles. The van der Waals surface area contributed by atoms with Gasteiger partial charge in [-0.25, -0.2) is 17.8 Å². The van der Waals surface area contributed by atoms with E-state index >= 15 is 0 Å². The standard InChI is InChI=1S/C38H41F4N5O8S/c1-36(15-16-36)56(53,54)46-35(52)37-19-21(37)9-5-3-2-4-6-12-28(43-32(50)30(48)38(40,41)42)34(51)47-20-23(18-29(47)31(49)45-37)55-33-25-14-13-22(39)17-26(25)24-10-7-8-11-27(24)44-33/h5,7-11,13-14,17,21,23,28-30,48H,2-4,6,12,15-16,18-20H2,1H3,(H,43,50)(H,45,49)(H,46,52)/b9-5-/t21-,23-,28+,29+,30+,37-/m1/s1. The number of sulfonamides is 1. The molecular weight excluding hydrogens is 763 g/mol. The van der Waals surface area contributed by atoms with E-state index < -0.39 is 86.1 Å². The van der Waals surface area contributed by atoms with Crippen LogP contribution in [0.4, 0.5) is 17.6 Å². The third-order valence-electron chi connectivity index (χ3n) is 11.3. The summed E-state index contributed by atoms with van der Waals surface area (Å²) in [6.45, 7) is 1.19. The summed E-state index contributed by atoms with van der Waals surface area (Å²) >= 11 is 0. The number of para-hydroxylation sites is 1. The highest BCUT2D eigenvalue weighted by molar-refractivity contribution is 7.91. The van der Waals surface area contributed by atoms with Gasteiger partial charge in [-0.15, -0.1) is 0 Å². The zero-order valence-electron chi connectivity index (χ0n) is 30.3. The van der Waals surface area contributed by atoms with E-state index in [1.165, 1.54) is 25.1 Å². The summed E-state index contributed by atoms with van der Waals surface area (Å²) in [6, 6.07) is 7.95. The van der Waals surface area contributed by atoms with Gasteiger partial charge in [-0.2, -0.15) is 13.2 Å². The third kappa shape index (κ3) is 7.64. The number of carbonyl (C=O) groups is 4. The van der Waals surface area contributed by atoms with Gasteiger partial charge >= 0.3 is 6.18 Å². The van der Waals surface area contributed by atoms with Gasteiger partial charge in [-0.05, 0) is 75.1 Å². The molecule has 18 heteroatoms. The maximum atomic E-state index is 14.5. The quantitative estimate of drug-likeness (QED) is 0.157. The minimum Gasteiger partial charge on any atom is -0.472 e. The number of allylic oxidation sites excluding steroid dienone is 1. The van der Waals surface area contributed by atoms with Crippen molar-refractivity contribution in [1.29, 1.82) is 0 Å². The van der Waals surface area contributed by atoms with Crippen LogP contribution in [0.2, 0.25) is 0 Å². The number of aromatic nitrogens is 1. The van der Waals surface area contributed by atoms with Crippen LogP contribution >= 0.6 is 0 Å². The fraction of sp³-hybridized carbons (Fsp3) is 0.500. The van der Waals surface area contributed by atoms with Gasteiger partial charge in [0.2, 0.25) is 33.8 Å². The van der Waals surface area contributed by atoms with E-state index in [-0.39, 0.29) is 38.1 Å². The number of rotatable bonds is 7. The molecule has 56 heavy (non-hydrogen) atoms. The van der Waals surface area contributed by atoms with Crippen molar-refractivity contribution >= 4 is 55.3 Å². The minimum absolute atomic E-state index is 0.0551. The second-order valence-electron chi connectivity index (χ2n) is 15.3. The Hall–Kier alpha value is -4.84. The normalized spacial score (nSPS) is 27.9. The van der Waals surface area contributed by atoms with Crippen molar-refractivity contribution in [3.05, 3.63) is 60.4 Å². The number of nitrogens with zero attached hydrogens (tertiary/aromatic N) is 2. The molecular formula is C38H41F4N5O8S. The Morgan fingerprint density at radius 1 is 1.07 bits per heavy atom. The van der Waals surface area contributed by atoms with Crippen LogP contribution < -0.4 is 20.1 Å². The molecule has 2 aliphatic heterocycles. The number of nitrogens with one attached hydrogen (secondary N) is 3. The van der Waals surface area contributed by atoms with E-state index in [1.807, 2.05) is 5.32 Å². The number of fused-ring (bicyclic) bond motifs is 5. The van der Waals surface area contributed by atoms with Crippen molar-refractivity contribution < 1.29 is 55.0 Å². The van der Waals surface area contributed by atoms with Crippen LogP contribution in [-0.4, -0.2) is 94.3 Å². The Morgan fingerprint density at radius 3 is 2.55 bits per heavy atom. The van der Waals surface area contributed by atoms with Crippen LogP contribution in [0.15, 0.2) is 54.6 Å². The van der Waals surface area contributed by atoms with Crippen molar-refractivity contribution in [3.63, 3.8) is 0 Å². The van der Waals surface area contributed by atoms with Crippen LogP contribution in [0.25, 0.3) is 21.7 Å². The van der Waals surface area contributed by atoms with E-state index in [2.05, 4.69) is 15.0 Å². The van der Waals surface area contributed by atoms with Gasteiger partial charge in [0.25, 0.3) is 11.8 Å². The molecule has 1 saturated heterocycles. The lowest BCUT2D eigenvalue weighted by Crippen LogP contribution is -2.59. The first-order valence-corrected chi connectivity index (χ1v) is 20.0. The highest BCUT2D eigenvalue weighted by Gasteiger charge is 2.63. The van der Waals surface area contributed by atoms with Crippen molar-refractivity contribution in [2.75, 3.05) is 6.54 Å². The molecule has 4 amide bonds. The largest absolute Gasteiger partial charge is 0.472 e. The number of carbonyl (C=O) groups excluding carboxylic acids is 4. The lowest BCUT2D eigenvalue weighted by atomic mass is 10.0. The first kappa shape index (κ1) is 39.4. The number of amides is 4. The number of aliphatic hydroxyl groups excluding tert-OH is 1. The summed E-state index contributed by atoms with van der Waals surface area (Å²) in [5.41, 5.74) is -1.23. The zero-order chi connectivity index (χ0) is 40.2. The fourth-order valence-electron chi connectivity index (χ4n) is 7.49. The molecule has 3 fully saturated rings. The predicted octanol–water partition coefficient (Wildman–Crippen LogP) is 3.68. The van der Waals surface area contributed by atoms with Crippen LogP contribution in [0.5, 0.6) is 5.88 Å². The Kier molecular flexibility index (Phi) is 10.3. The van der Waals surface area contributed by atoms with Crippen LogP contribution in [-0.2, 0) is 29.2 Å². The van der Waals surface area contributed by atoms with Crippen molar-refractivity contribution in [2.45, 2.75) is 105 Å². The molecule has 0 spiro atoms. The average molecular weight is 804 g/mol. The van der Waals surface area contributed by atoms with Gasteiger partial charge in [0.15, 0.2) is 0 Å². The Labute approximate surface area is 319 Å². The predicted molar refractivity (Wildman–Crippen MR) is 194 cm³/mol. The summed E-state index contributed by atoms with van der Waals surface area (Å²) in [5.74, 6) is -5.61. The maximum Gasteiger partial charge on any atom is 0.423 e. The van der Waals surface area contributed by atoms with Crippen molar-refractivity contribution in [3.8, 4) is 5.88 Å². The highest BCUT2D eigenvalue weighted by atomic mass is 32.2. The molecule has 4 N–H and O–H groups in total. The average Bonchev–Trinajstić information content (AvgIpc) is 4.02. The van der Waals surface area contributed by atoms with E-state index in [1.54, 1.807) is 36.4 Å². The highest BCUT2D eigenvalue weighted by Crippen LogP contribution is 2.47. The van der Waals surface area contributed by atoms with Crippen molar-refractivity contribution in [1.82, 2.24) is 25.2 Å². The molecule has 2 aliphatic carbocycles. The van der Waals surface area contributed by atoms with Gasteiger partial charge in [0.05, 0.1) is 16.8 Å². The summed E-state index contributed by atoms with van der Waals surface area (Å²) < 4.78 is 88.0. The monoisotopic (exact) mass is 803 g/mol. The second-order valence-corrected chi connectivity index (χ2v) is 17.5. The van der Waals surface area contributed by atoms with Gasteiger partial charge in [-0.1, -0.05) is 43.2 Å². The fourth-order valence-corrected chi connectivity index (χ4v) is 8.80. The molecule has 13 nitrogen and oxygen atoms in total. The minimum atomic E-state index is -5.31. The Bertz CT molecular complexity index is 2230. The molecule has 4 aliphatic rings. The topological polar surface area (TPSA) is 184 Å². The second kappa shape index (κ2) is 14.6. The SMILES string of the molecule is CC1(S(=O)(=O)NC(=O)[C@@]23C[C@H]2/C=C\CCCCC[C@H](NC(=O)[C@H](O)C(F)(F)F)C(=O)N2C[C@H](Oc4nc5ccccc5c5cc(F)ccc45)C[C@H]2C(=O)N3)CC1. The Balaban J connectivity index is 1.23. The van der Waals surface area contributed by atoms with E-state index in [0.717, 1.165) is 4.90 Å². The molecule has 7 rings (SSSR count). The smallest absolute Gasteiger partial charge is 0.423 e. The van der Waals surface area contributed by atoms with Crippen LogP contribution in [0.1, 0.15) is 64.7 Å². The molecule has 0 radical (unpaired) electrons. The molecule has 1 aromatic heterocycles. The Morgan fingerprint density at radius 2 is 1.82 bits per heavy atom. The lowest BCUT2D eigenvalue weighted by Gasteiger charge is -2.30. The van der Waals surface area contributed by atoms with Gasteiger partial charge in [0, 0.05) is 23.1 Å². The third-order valence-corrected chi connectivity index (χ3v) is 13.4. The van der Waals surface area contributed by atoms with E-state index in [0.29, 0.717) is 53.8 Å². The summed E-state index contributed by atoms with van der Waals surface area (Å²) in [5, 5.41) is 16.0. The molecule has 3 heterocycles. The molecule has 6 atom stereocenters. The zero-order valence-corrected chi connectivity index (χ0v) is 31.1. The maximum absolute atomic E-state index is 14.5. The number of hydrogen-bond donors (Lipinski definition) is 4. The lowest BCUT2D eigenvalue weighted by molar-refractivity contribution is -0.205. The first-order valence-electron chi connectivity index (χ1n) is 18.5. The van der Waals surface area contributed by atoms with Gasteiger partial charge in [-0.3, -0.25) is 23.9 Å². The number of halogens is 4. The molecule has 3 aromatic rings. The first-order chi connectivity index (χ1) is 26.4. The molecule has 300 valence electrons. The summed E-state index contributed by atoms with van der Waals surface area (Å²) in [6.07, 6.45) is -3.89. The van der Waals surface area contributed by atoms with E-state index in [4.69, 9.17) is 4.74 Å². The summed E-state index contributed by atoms with van der Waals surface area (Å²) in [4.78, 5) is 60.7. The van der Waals surface area contributed by atoms with Crippen LogP contribution in [0, 0.1) is 11.7 Å². The number of alkyl halides is 3. The molecule has 2 aromatic carbocycles. The van der Waals surface area contributed by atoms with Gasteiger partial charge < -0.3 is 25.4 Å². The molecule has 0 unspecified atom stereocenters. The number of benzene rings is 2. The number of hydrogen-bond acceptors (Lipinski definition) is 9. The molecule has 0 bridgehead atoms. The van der Waals surface area contributed by atoms with E-state index in [9.17, 15) is 50.3 Å². The van der Waals surface area contributed by atoms with Gasteiger partial charge in [0.1, 0.15) is 29.5 Å². The number of ether oxygens (including phenoxy) is 1. The number of pyridine rings is 1. The summed E-state index contributed by atoms with van der Waals surface area (Å²) in [7, 11) is -4.10.